The van der Waals surface area contributed by atoms with Crippen LogP contribution in [0, 0.1) is 11.7 Å². The highest BCUT2D eigenvalue weighted by molar-refractivity contribution is 5.89. The molecule has 1 aliphatic carbocycles. The van der Waals surface area contributed by atoms with Gasteiger partial charge < -0.3 is 25.0 Å². The number of methoxy groups -OCH3 is 1. The monoisotopic (exact) mass is 427 g/mol. The van der Waals surface area contributed by atoms with Crippen molar-refractivity contribution in [1.82, 2.24) is 5.32 Å². The summed E-state index contributed by atoms with van der Waals surface area (Å²) in [6.07, 6.45) is 2.25. The highest BCUT2D eigenvalue weighted by Crippen LogP contribution is 2.41. The minimum atomic E-state index is -0.354. The molecule has 2 amide bonds. The molecule has 0 bridgehead atoms. The molecule has 2 fully saturated rings. The van der Waals surface area contributed by atoms with Crippen LogP contribution in [0.5, 0.6) is 5.75 Å². The number of rotatable bonds is 6. The number of amides is 2. The molecule has 4 rings (SSSR count). The maximum absolute atomic E-state index is 14.8. The van der Waals surface area contributed by atoms with Crippen molar-refractivity contribution in [3.8, 4) is 5.75 Å². The summed E-state index contributed by atoms with van der Waals surface area (Å²) in [5.74, 6) is 0.846. The first kappa shape index (κ1) is 21.4. The highest BCUT2D eigenvalue weighted by Gasteiger charge is 2.33. The van der Waals surface area contributed by atoms with Crippen molar-refractivity contribution in [2.75, 3.05) is 30.4 Å². The minimum absolute atomic E-state index is 0.0454. The van der Waals surface area contributed by atoms with Crippen LogP contribution in [0.4, 0.5) is 20.6 Å². The summed E-state index contributed by atoms with van der Waals surface area (Å²) >= 11 is 0. The lowest BCUT2D eigenvalue weighted by Crippen LogP contribution is -2.45. The average Bonchev–Trinajstić information content (AvgIpc) is 3.57. The van der Waals surface area contributed by atoms with Crippen LogP contribution in [0.15, 0.2) is 42.5 Å². The standard InChI is InChI=1S/C24H30FN3O3/c1-15-13-28(14-16(2)31-15)22-11-8-19(12-21(22)25)26-24(29)27-23(17-4-5-17)18-6-9-20(30-3)10-7-18/h6-12,15-17,23H,4-5,13-14H2,1-3H3,(H2,26,27,29). The van der Waals surface area contributed by atoms with E-state index in [0.717, 1.165) is 24.2 Å². The minimum Gasteiger partial charge on any atom is -0.497 e. The second-order valence-corrected chi connectivity index (χ2v) is 8.52. The number of urea groups is 1. The fraction of sp³-hybridized carbons (Fsp3) is 0.458. The zero-order valence-corrected chi connectivity index (χ0v) is 18.2. The smallest absolute Gasteiger partial charge is 0.319 e. The third-order valence-corrected chi connectivity index (χ3v) is 5.82. The van der Waals surface area contributed by atoms with Gasteiger partial charge >= 0.3 is 6.03 Å². The van der Waals surface area contributed by atoms with E-state index in [1.807, 2.05) is 43.0 Å². The third-order valence-electron chi connectivity index (χ3n) is 5.82. The molecule has 1 saturated heterocycles. The van der Waals surface area contributed by atoms with Gasteiger partial charge in [-0.25, -0.2) is 9.18 Å². The molecule has 0 spiro atoms. The van der Waals surface area contributed by atoms with Crippen molar-refractivity contribution in [3.05, 3.63) is 53.8 Å². The Hall–Kier alpha value is -2.80. The van der Waals surface area contributed by atoms with E-state index in [1.165, 1.54) is 6.07 Å². The number of halogens is 1. The zero-order valence-electron chi connectivity index (χ0n) is 18.2. The van der Waals surface area contributed by atoms with Gasteiger partial charge in [0.25, 0.3) is 0 Å². The van der Waals surface area contributed by atoms with Crippen LogP contribution in [-0.4, -0.2) is 38.4 Å². The van der Waals surface area contributed by atoms with Gasteiger partial charge in [0.2, 0.25) is 0 Å². The molecule has 166 valence electrons. The van der Waals surface area contributed by atoms with Crippen LogP contribution < -0.4 is 20.3 Å². The van der Waals surface area contributed by atoms with Gasteiger partial charge in [-0.2, -0.15) is 0 Å². The fourth-order valence-corrected chi connectivity index (χ4v) is 4.24. The van der Waals surface area contributed by atoms with Crippen molar-refractivity contribution in [2.24, 2.45) is 5.92 Å². The fourth-order valence-electron chi connectivity index (χ4n) is 4.24. The molecular weight excluding hydrogens is 397 g/mol. The normalized spacial score (nSPS) is 22.0. The maximum atomic E-state index is 14.8. The van der Waals surface area contributed by atoms with Gasteiger partial charge in [0, 0.05) is 18.8 Å². The molecule has 2 N–H and O–H groups in total. The van der Waals surface area contributed by atoms with Crippen LogP contribution >= 0.6 is 0 Å². The number of nitrogens with one attached hydrogen (secondary N) is 2. The quantitative estimate of drug-likeness (QED) is 0.700. The molecule has 7 heteroatoms. The number of anilines is 2. The summed E-state index contributed by atoms with van der Waals surface area (Å²) in [4.78, 5) is 14.6. The second-order valence-electron chi connectivity index (χ2n) is 8.52. The summed E-state index contributed by atoms with van der Waals surface area (Å²) in [5, 5.41) is 5.83. The largest absolute Gasteiger partial charge is 0.497 e. The number of carbonyl (C=O) groups excluding carboxylic acids is 1. The summed E-state index contributed by atoms with van der Waals surface area (Å²) < 4.78 is 25.8. The van der Waals surface area contributed by atoms with Crippen LogP contribution in [0.3, 0.4) is 0 Å². The number of nitrogens with zero attached hydrogens (tertiary/aromatic N) is 1. The summed E-state index contributed by atoms with van der Waals surface area (Å²) in [7, 11) is 1.63. The first-order chi connectivity index (χ1) is 14.9. The molecule has 3 atom stereocenters. The molecule has 6 nitrogen and oxygen atoms in total. The Morgan fingerprint density at radius 3 is 2.39 bits per heavy atom. The Morgan fingerprint density at radius 2 is 1.81 bits per heavy atom. The lowest BCUT2D eigenvalue weighted by molar-refractivity contribution is -0.00539. The van der Waals surface area contributed by atoms with E-state index in [2.05, 4.69) is 10.6 Å². The number of morpholine rings is 1. The Balaban J connectivity index is 1.41. The topological polar surface area (TPSA) is 62.8 Å². The first-order valence-electron chi connectivity index (χ1n) is 10.8. The van der Waals surface area contributed by atoms with Crippen molar-refractivity contribution in [2.45, 2.75) is 44.9 Å². The van der Waals surface area contributed by atoms with Crippen LogP contribution in [0.25, 0.3) is 0 Å². The number of benzene rings is 2. The molecule has 31 heavy (non-hydrogen) atoms. The molecule has 1 aliphatic heterocycles. The zero-order chi connectivity index (χ0) is 22.0. The molecule has 2 aromatic rings. The van der Waals surface area contributed by atoms with Crippen LogP contribution in [-0.2, 0) is 4.74 Å². The first-order valence-corrected chi connectivity index (χ1v) is 10.8. The second kappa shape index (κ2) is 9.14. The van der Waals surface area contributed by atoms with Gasteiger partial charge in [-0.15, -0.1) is 0 Å². The predicted octanol–water partition coefficient (Wildman–Crippen LogP) is 4.72. The highest BCUT2D eigenvalue weighted by atomic mass is 19.1. The number of hydrogen-bond donors (Lipinski definition) is 2. The van der Waals surface area contributed by atoms with E-state index in [1.54, 1.807) is 19.2 Å². The third kappa shape index (κ3) is 5.28. The summed E-state index contributed by atoms with van der Waals surface area (Å²) in [6, 6.07) is 12.2. The number of ether oxygens (including phenoxy) is 2. The predicted molar refractivity (Wildman–Crippen MR) is 119 cm³/mol. The summed E-state index contributed by atoms with van der Waals surface area (Å²) in [5.41, 5.74) is 2.00. The number of carbonyl (C=O) groups is 1. The van der Waals surface area contributed by atoms with Gasteiger partial charge in [-0.3, -0.25) is 0 Å². The molecule has 3 unspecified atom stereocenters. The van der Waals surface area contributed by atoms with E-state index in [4.69, 9.17) is 9.47 Å². The van der Waals surface area contributed by atoms with Gasteiger partial charge in [0.1, 0.15) is 11.6 Å². The van der Waals surface area contributed by atoms with Gasteiger partial charge in [0.15, 0.2) is 0 Å². The van der Waals surface area contributed by atoms with Crippen LogP contribution in [0.2, 0.25) is 0 Å². The van der Waals surface area contributed by atoms with Gasteiger partial charge in [-0.1, -0.05) is 12.1 Å². The molecule has 1 heterocycles. The number of hydrogen-bond acceptors (Lipinski definition) is 4. The Morgan fingerprint density at radius 1 is 1.13 bits per heavy atom. The van der Waals surface area contributed by atoms with Gasteiger partial charge in [0.05, 0.1) is 31.0 Å². The van der Waals surface area contributed by atoms with Crippen molar-refractivity contribution in [3.63, 3.8) is 0 Å². The Kier molecular flexibility index (Phi) is 6.32. The summed E-state index contributed by atoms with van der Waals surface area (Å²) in [6.45, 7) is 5.25. The van der Waals surface area contributed by atoms with E-state index < -0.39 is 0 Å². The van der Waals surface area contributed by atoms with E-state index >= 15 is 0 Å². The van der Waals surface area contributed by atoms with E-state index in [9.17, 15) is 9.18 Å². The lowest BCUT2D eigenvalue weighted by Gasteiger charge is -2.37. The SMILES string of the molecule is COc1ccc(C(NC(=O)Nc2ccc(N3CC(C)OC(C)C3)c(F)c2)C2CC2)cc1. The Bertz CT molecular complexity index is 907. The van der Waals surface area contributed by atoms with Crippen LogP contribution in [0.1, 0.15) is 38.3 Å². The average molecular weight is 428 g/mol. The maximum Gasteiger partial charge on any atom is 0.319 e. The molecule has 0 aromatic heterocycles. The molecule has 0 radical (unpaired) electrons. The Labute approximate surface area is 182 Å². The lowest BCUT2D eigenvalue weighted by atomic mass is 10.0. The molecule has 2 aliphatic rings. The van der Waals surface area contributed by atoms with Crippen molar-refractivity contribution < 1.29 is 18.7 Å². The van der Waals surface area contributed by atoms with Crippen molar-refractivity contribution >= 4 is 17.4 Å². The van der Waals surface area contributed by atoms with E-state index in [0.29, 0.717) is 30.4 Å². The van der Waals surface area contributed by atoms with E-state index in [-0.39, 0.29) is 30.1 Å². The molecule has 2 aromatic carbocycles. The molecular formula is C24H30FN3O3. The van der Waals surface area contributed by atoms with Gasteiger partial charge in [-0.05, 0) is 68.5 Å². The van der Waals surface area contributed by atoms with Crippen molar-refractivity contribution in [1.29, 1.82) is 0 Å². The molecule has 1 saturated carbocycles.